The highest BCUT2D eigenvalue weighted by atomic mass is 35.5. The van der Waals surface area contributed by atoms with E-state index < -0.39 is 0 Å². The molecular formula is C17H33ClN2O. The first-order chi connectivity index (χ1) is 9.79. The molecule has 0 aromatic heterocycles. The maximum atomic E-state index is 12.3. The largest absolute Gasteiger partial charge is 0.356 e. The van der Waals surface area contributed by atoms with E-state index >= 15 is 0 Å². The highest BCUT2D eigenvalue weighted by molar-refractivity contribution is 5.85. The van der Waals surface area contributed by atoms with Crippen LogP contribution in [0, 0.1) is 17.8 Å². The van der Waals surface area contributed by atoms with Gasteiger partial charge in [-0.2, -0.15) is 0 Å². The second kappa shape index (κ2) is 10.4. The van der Waals surface area contributed by atoms with E-state index in [1.54, 1.807) is 0 Å². The Bertz CT molecular complexity index is 287. The monoisotopic (exact) mass is 316 g/mol. The van der Waals surface area contributed by atoms with Gasteiger partial charge in [0.05, 0.1) is 0 Å². The fourth-order valence-corrected chi connectivity index (χ4v) is 3.79. The molecule has 21 heavy (non-hydrogen) atoms. The Morgan fingerprint density at radius 1 is 1.19 bits per heavy atom. The molecule has 2 N–H and O–H groups in total. The Kier molecular flexibility index (Phi) is 9.34. The van der Waals surface area contributed by atoms with Crippen molar-refractivity contribution in [1.29, 1.82) is 0 Å². The SMILES string of the molecule is CCC(CC1CCCCC1)C(=O)NCCC1CCNC1.Cl. The van der Waals surface area contributed by atoms with Crippen molar-refractivity contribution in [2.24, 2.45) is 17.8 Å². The van der Waals surface area contributed by atoms with Gasteiger partial charge in [0.2, 0.25) is 5.91 Å². The molecule has 2 atom stereocenters. The minimum atomic E-state index is 0. The Morgan fingerprint density at radius 3 is 2.57 bits per heavy atom. The standard InChI is InChI=1S/C17H32N2O.ClH/c1-2-16(12-14-6-4-3-5-7-14)17(20)19-11-9-15-8-10-18-13-15;/h14-16,18H,2-13H2,1H3,(H,19,20);1H. The molecule has 1 amide bonds. The first kappa shape index (κ1) is 18.8. The molecule has 2 fully saturated rings. The van der Waals surface area contributed by atoms with Crippen molar-refractivity contribution < 1.29 is 4.79 Å². The number of carbonyl (C=O) groups excluding carboxylic acids is 1. The zero-order chi connectivity index (χ0) is 14.2. The number of halogens is 1. The molecule has 0 aromatic carbocycles. The van der Waals surface area contributed by atoms with Gasteiger partial charge in [-0.3, -0.25) is 4.79 Å². The molecule has 0 bridgehead atoms. The van der Waals surface area contributed by atoms with Crippen LogP contribution >= 0.6 is 12.4 Å². The van der Waals surface area contributed by atoms with Crippen LogP contribution in [0.25, 0.3) is 0 Å². The number of rotatable bonds is 7. The summed E-state index contributed by atoms with van der Waals surface area (Å²) in [4.78, 5) is 12.3. The summed E-state index contributed by atoms with van der Waals surface area (Å²) in [5.41, 5.74) is 0. The third-order valence-corrected chi connectivity index (χ3v) is 5.22. The van der Waals surface area contributed by atoms with Crippen LogP contribution in [0.1, 0.15) is 64.7 Å². The van der Waals surface area contributed by atoms with Crippen LogP contribution in [-0.2, 0) is 4.79 Å². The average molecular weight is 317 g/mol. The van der Waals surface area contributed by atoms with Crippen LogP contribution < -0.4 is 10.6 Å². The molecule has 2 unspecified atom stereocenters. The normalized spacial score (nSPS) is 24.3. The lowest BCUT2D eigenvalue weighted by Crippen LogP contribution is -2.33. The summed E-state index contributed by atoms with van der Waals surface area (Å²) in [7, 11) is 0. The van der Waals surface area contributed by atoms with Crippen molar-refractivity contribution >= 4 is 18.3 Å². The fraction of sp³-hybridized carbons (Fsp3) is 0.941. The van der Waals surface area contributed by atoms with Gasteiger partial charge in [-0.05, 0) is 50.6 Å². The zero-order valence-electron chi connectivity index (χ0n) is 13.5. The molecule has 1 aliphatic carbocycles. The molecule has 1 aliphatic heterocycles. The number of hydrogen-bond donors (Lipinski definition) is 2. The van der Waals surface area contributed by atoms with E-state index in [-0.39, 0.29) is 18.3 Å². The first-order valence-electron chi connectivity index (χ1n) is 8.78. The third kappa shape index (κ3) is 6.56. The van der Waals surface area contributed by atoms with Crippen molar-refractivity contribution in [1.82, 2.24) is 10.6 Å². The first-order valence-corrected chi connectivity index (χ1v) is 8.78. The molecule has 2 rings (SSSR count). The summed E-state index contributed by atoms with van der Waals surface area (Å²) in [6, 6.07) is 0. The van der Waals surface area contributed by atoms with Gasteiger partial charge < -0.3 is 10.6 Å². The summed E-state index contributed by atoms with van der Waals surface area (Å²) >= 11 is 0. The van der Waals surface area contributed by atoms with Gasteiger partial charge >= 0.3 is 0 Å². The summed E-state index contributed by atoms with van der Waals surface area (Å²) in [5.74, 6) is 2.14. The Morgan fingerprint density at radius 2 is 1.95 bits per heavy atom. The molecule has 0 aromatic rings. The van der Waals surface area contributed by atoms with E-state index in [0.717, 1.165) is 50.7 Å². The molecular weight excluding hydrogens is 284 g/mol. The fourth-order valence-electron chi connectivity index (χ4n) is 3.79. The van der Waals surface area contributed by atoms with E-state index in [0.29, 0.717) is 5.91 Å². The third-order valence-electron chi connectivity index (χ3n) is 5.22. The van der Waals surface area contributed by atoms with Crippen LogP contribution in [0.4, 0.5) is 0 Å². The van der Waals surface area contributed by atoms with Crippen molar-refractivity contribution in [2.45, 2.75) is 64.7 Å². The van der Waals surface area contributed by atoms with Crippen molar-refractivity contribution in [3.05, 3.63) is 0 Å². The van der Waals surface area contributed by atoms with Gasteiger partial charge in [-0.15, -0.1) is 12.4 Å². The van der Waals surface area contributed by atoms with E-state index in [1.165, 1.54) is 38.5 Å². The predicted octanol–water partition coefficient (Wildman–Crippen LogP) is 3.52. The molecule has 3 nitrogen and oxygen atoms in total. The van der Waals surface area contributed by atoms with Crippen LogP contribution in [-0.4, -0.2) is 25.5 Å². The van der Waals surface area contributed by atoms with Gasteiger partial charge in [0.1, 0.15) is 0 Å². The van der Waals surface area contributed by atoms with Gasteiger partial charge in [0.15, 0.2) is 0 Å². The van der Waals surface area contributed by atoms with Crippen LogP contribution in [0.3, 0.4) is 0 Å². The van der Waals surface area contributed by atoms with Gasteiger partial charge in [0, 0.05) is 12.5 Å². The highest BCUT2D eigenvalue weighted by Crippen LogP contribution is 2.30. The van der Waals surface area contributed by atoms with E-state index in [4.69, 9.17) is 0 Å². The smallest absolute Gasteiger partial charge is 0.223 e. The van der Waals surface area contributed by atoms with E-state index in [9.17, 15) is 4.79 Å². The molecule has 1 heterocycles. The van der Waals surface area contributed by atoms with E-state index in [1.807, 2.05) is 0 Å². The number of carbonyl (C=O) groups is 1. The number of nitrogens with one attached hydrogen (secondary N) is 2. The number of hydrogen-bond acceptors (Lipinski definition) is 2. The molecule has 2 aliphatic rings. The summed E-state index contributed by atoms with van der Waals surface area (Å²) < 4.78 is 0. The predicted molar refractivity (Wildman–Crippen MR) is 90.8 cm³/mol. The topological polar surface area (TPSA) is 41.1 Å². The van der Waals surface area contributed by atoms with E-state index in [2.05, 4.69) is 17.6 Å². The minimum Gasteiger partial charge on any atom is -0.356 e. The van der Waals surface area contributed by atoms with Gasteiger partial charge in [0.25, 0.3) is 0 Å². The van der Waals surface area contributed by atoms with Crippen molar-refractivity contribution in [3.8, 4) is 0 Å². The van der Waals surface area contributed by atoms with Crippen LogP contribution in [0.2, 0.25) is 0 Å². The molecule has 0 radical (unpaired) electrons. The Hall–Kier alpha value is -0.280. The minimum absolute atomic E-state index is 0. The molecule has 4 heteroatoms. The lowest BCUT2D eigenvalue weighted by atomic mass is 9.82. The average Bonchev–Trinajstić information content (AvgIpc) is 2.99. The van der Waals surface area contributed by atoms with Gasteiger partial charge in [-0.1, -0.05) is 39.0 Å². The Balaban J connectivity index is 0.00000220. The maximum absolute atomic E-state index is 12.3. The number of amides is 1. The maximum Gasteiger partial charge on any atom is 0.223 e. The van der Waals surface area contributed by atoms with Crippen LogP contribution in [0.5, 0.6) is 0 Å². The second-order valence-corrected chi connectivity index (χ2v) is 6.78. The van der Waals surface area contributed by atoms with Gasteiger partial charge in [-0.25, -0.2) is 0 Å². The molecule has 0 spiro atoms. The van der Waals surface area contributed by atoms with Crippen LogP contribution in [0.15, 0.2) is 0 Å². The zero-order valence-corrected chi connectivity index (χ0v) is 14.4. The quantitative estimate of drug-likeness (QED) is 0.754. The second-order valence-electron chi connectivity index (χ2n) is 6.78. The Labute approximate surface area is 136 Å². The summed E-state index contributed by atoms with van der Waals surface area (Å²) in [6.45, 7) is 5.31. The highest BCUT2D eigenvalue weighted by Gasteiger charge is 2.23. The lowest BCUT2D eigenvalue weighted by Gasteiger charge is -2.25. The summed E-state index contributed by atoms with van der Waals surface area (Å²) in [6.07, 6.45) is 11.4. The molecule has 1 saturated heterocycles. The molecule has 124 valence electrons. The molecule has 1 saturated carbocycles. The lowest BCUT2D eigenvalue weighted by molar-refractivity contribution is -0.125. The summed E-state index contributed by atoms with van der Waals surface area (Å²) in [5, 5.41) is 6.57. The van der Waals surface area contributed by atoms with Crippen molar-refractivity contribution in [2.75, 3.05) is 19.6 Å². The van der Waals surface area contributed by atoms with Crippen molar-refractivity contribution in [3.63, 3.8) is 0 Å².